The minimum absolute atomic E-state index is 0.761. The molecule has 1 aromatic carbocycles. The number of benzene rings is 1. The van der Waals surface area contributed by atoms with Crippen LogP contribution in [0.1, 0.15) is 37.7 Å². The van der Waals surface area contributed by atoms with E-state index in [9.17, 15) is 0 Å². The molecule has 2 nitrogen and oxygen atoms in total. The summed E-state index contributed by atoms with van der Waals surface area (Å²) in [5.41, 5.74) is 1.32. The van der Waals surface area contributed by atoms with Gasteiger partial charge in [0, 0.05) is 34.8 Å². The van der Waals surface area contributed by atoms with Crippen LogP contribution < -0.4 is 5.32 Å². The maximum Gasteiger partial charge on any atom is 0.0587 e. The summed E-state index contributed by atoms with van der Waals surface area (Å²) in [5.74, 6) is 0. The van der Waals surface area contributed by atoms with Gasteiger partial charge in [0.1, 0.15) is 0 Å². The van der Waals surface area contributed by atoms with Crippen LogP contribution in [0.4, 0.5) is 0 Å². The number of methoxy groups -OCH3 is 1. The average Bonchev–Trinajstić information content (AvgIpc) is 2.47. The smallest absolute Gasteiger partial charge is 0.0587 e. The van der Waals surface area contributed by atoms with Gasteiger partial charge in [-0.2, -0.15) is 0 Å². The molecule has 0 saturated heterocycles. The van der Waals surface area contributed by atoms with Gasteiger partial charge in [-0.05, 0) is 46.5 Å². The summed E-state index contributed by atoms with van der Waals surface area (Å²) in [5, 5.41) is 4.19. The Kier molecular flexibility index (Phi) is 7.42. The van der Waals surface area contributed by atoms with Crippen molar-refractivity contribution in [2.45, 2.75) is 48.8 Å². The molecule has 1 aliphatic rings. The van der Waals surface area contributed by atoms with E-state index in [4.69, 9.17) is 4.74 Å². The Hall–Kier alpha value is -0.0300. The van der Waals surface area contributed by atoms with Crippen LogP contribution in [0.3, 0.4) is 0 Å². The van der Waals surface area contributed by atoms with Crippen molar-refractivity contribution in [3.05, 3.63) is 28.2 Å². The van der Waals surface area contributed by atoms with Crippen molar-refractivity contribution in [3.8, 4) is 0 Å². The number of thioether (sulfide) groups is 1. The molecule has 1 N–H and O–H groups in total. The van der Waals surface area contributed by atoms with E-state index >= 15 is 0 Å². The van der Waals surface area contributed by atoms with E-state index in [1.54, 1.807) is 7.11 Å². The van der Waals surface area contributed by atoms with Crippen molar-refractivity contribution in [2.24, 2.45) is 0 Å². The van der Waals surface area contributed by atoms with Crippen LogP contribution in [0, 0.1) is 0 Å². The number of rotatable bonds is 7. The lowest BCUT2D eigenvalue weighted by atomic mass is 10.0. The van der Waals surface area contributed by atoms with E-state index < -0.39 is 0 Å². The monoisotopic (exact) mass is 357 g/mol. The molecular weight excluding hydrogens is 334 g/mol. The van der Waals surface area contributed by atoms with Gasteiger partial charge >= 0.3 is 0 Å². The van der Waals surface area contributed by atoms with Crippen molar-refractivity contribution >= 4 is 27.7 Å². The van der Waals surface area contributed by atoms with Crippen LogP contribution in [-0.2, 0) is 11.3 Å². The van der Waals surface area contributed by atoms with Crippen molar-refractivity contribution < 1.29 is 4.74 Å². The second kappa shape index (κ2) is 9.08. The summed E-state index contributed by atoms with van der Waals surface area (Å²) in [6, 6.07) is 6.73. The molecule has 0 aliphatic heterocycles. The molecule has 1 fully saturated rings. The van der Waals surface area contributed by atoms with Crippen molar-refractivity contribution in [1.29, 1.82) is 0 Å². The summed E-state index contributed by atoms with van der Waals surface area (Å²) in [7, 11) is 1.73. The summed E-state index contributed by atoms with van der Waals surface area (Å²) < 4.78 is 6.27. The Morgan fingerprint density at radius 3 is 2.80 bits per heavy atom. The molecule has 0 atom stereocenters. The summed E-state index contributed by atoms with van der Waals surface area (Å²) in [6.45, 7) is 2.56. The van der Waals surface area contributed by atoms with E-state index in [0.29, 0.717) is 0 Å². The Morgan fingerprint density at radius 1 is 1.30 bits per heavy atom. The first-order valence-electron chi connectivity index (χ1n) is 7.44. The predicted octanol–water partition coefficient (Wildman–Crippen LogP) is 4.61. The van der Waals surface area contributed by atoms with Crippen LogP contribution in [0.2, 0.25) is 0 Å². The highest BCUT2D eigenvalue weighted by Gasteiger charge is 2.15. The lowest BCUT2D eigenvalue weighted by molar-refractivity contribution is 0.199. The number of hydrogen-bond donors (Lipinski definition) is 1. The fourth-order valence-electron chi connectivity index (χ4n) is 2.52. The van der Waals surface area contributed by atoms with Gasteiger partial charge in [0.2, 0.25) is 0 Å². The van der Waals surface area contributed by atoms with Gasteiger partial charge < -0.3 is 10.1 Å². The molecule has 1 saturated carbocycles. The van der Waals surface area contributed by atoms with E-state index in [1.807, 2.05) is 11.8 Å². The number of nitrogens with one attached hydrogen (secondary N) is 1. The van der Waals surface area contributed by atoms with E-state index in [-0.39, 0.29) is 0 Å². The van der Waals surface area contributed by atoms with Crippen LogP contribution in [0.15, 0.2) is 27.6 Å². The Labute approximate surface area is 135 Å². The number of hydrogen-bond acceptors (Lipinski definition) is 3. The van der Waals surface area contributed by atoms with Gasteiger partial charge in [-0.25, -0.2) is 0 Å². The molecule has 0 spiro atoms. The number of ether oxygens (including phenoxy) is 1. The van der Waals surface area contributed by atoms with Crippen LogP contribution >= 0.6 is 27.7 Å². The normalized spacial score (nSPS) is 16.5. The van der Waals surface area contributed by atoms with Gasteiger partial charge in [-0.15, -0.1) is 11.8 Å². The first kappa shape index (κ1) is 16.3. The second-order valence-electron chi connectivity index (χ2n) is 5.31. The summed E-state index contributed by atoms with van der Waals surface area (Å²) in [4.78, 5) is 1.39. The van der Waals surface area contributed by atoms with E-state index in [1.165, 1.54) is 47.0 Å². The van der Waals surface area contributed by atoms with Crippen LogP contribution in [0.5, 0.6) is 0 Å². The van der Waals surface area contributed by atoms with Gasteiger partial charge in [0.05, 0.1) is 6.61 Å². The van der Waals surface area contributed by atoms with E-state index in [2.05, 4.69) is 39.4 Å². The third-order valence-corrected chi connectivity index (χ3v) is 5.99. The summed E-state index contributed by atoms with van der Waals surface area (Å²) in [6.07, 6.45) is 6.97. The molecule has 4 heteroatoms. The van der Waals surface area contributed by atoms with Crippen molar-refractivity contribution in [3.63, 3.8) is 0 Å². The second-order valence-corrected chi connectivity index (χ2v) is 7.51. The molecule has 0 heterocycles. The molecule has 0 unspecified atom stereocenters. The zero-order chi connectivity index (χ0) is 14.2. The third-order valence-electron chi connectivity index (χ3n) is 3.65. The molecule has 0 amide bonds. The van der Waals surface area contributed by atoms with Gasteiger partial charge in [-0.1, -0.05) is 25.3 Å². The first-order valence-corrected chi connectivity index (χ1v) is 9.11. The van der Waals surface area contributed by atoms with Gasteiger partial charge in [0.25, 0.3) is 0 Å². The minimum atomic E-state index is 0.761. The van der Waals surface area contributed by atoms with Crippen LogP contribution in [-0.4, -0.2) is 25.5 Å². The molecule has 0 radical (unpaired) electrons. The summed E-state index contributed by atoms with van der Waals surface area (Å²) >= 11 is 5.77. The standard InChI is InChI=1S/C16H24BrNOS/c1-19-10-9-18-12-13-7-8-16(15(17)11-13)20-14-5-3-2-4-6-14/h7-8,11,14,18H,2-6,9-10,12H2,1H3. The molecule has 2 rings (SSSR count). The fourth-order valence-corrected chi connectivity index (χ4v) is 4.47. The number of halogens is 1. The predicted molar refractivity (Wildman–Crippen MR) is 90.5 cm³/mol. The maximum atomic E-state index is 5.03. The Balaban J connectivity index is 1.85. The molecule has 112 valence electrons. The third kappa shape index (κ3) is 5.40. The molecule has 1 aliphatic carbocycles. The highest BCUT2D eigenvalue weighted by Crippen LogP contribution is 2.37. The first-order chi connectivity index (χ1) is 9.79. The zero-order valence-corrected chi connectivity index (χ0v) is 14.6. The molecule has 20 heavy (non-hydrogen) atoms. The van der Waals surface area contributed by atoms with Crippen molar-refractivity contribution in [1.82, 2.24) is 5.32 Å². The largest absolute Gasteiger partial charge is 0.383 e. The highest BCUT2D eigenvalue weighted by molar-refractivity contribution is 9.10. The van der Waals surface area contributed by atoms with Gasteiger partial charge in [0.15, 0.2) is 0 Å². The Bertz CT molecular complexity index is 407. The molecule has 0 aromatic heterocycles. The quantitative estimate of drug-likeness (QED) is 0.720. The van der Waals surface area contributed by atoms with Crippen molar-refractivity contribution in [2.75, 3.05) is 20.3 Å². The molecule has 0 bridgehead atoms. The molecular formula is C16H24BrNOS. The maximum absolute atomic E-state index is 5.03. The Morgan fingerprint density at radius 2 is 2.10 bits per heavy atom. The fraction of sp³-hybridized carbons (Fsp3) is 0.625. The van der Waals surface area contributed by atoms with Crippen LogP contribution in [0.25, 0.3) is 0 Å². The highest BCUT2D eigenvalue weighted by atomic mass is 79.9. The zero-order valence-electron chi connectivity index (χ0n) is 12.2. The lowest BCUT2D eigenvalue weighted by Crippen LogP contribution is -2.18. The minimum Gasteiger partial charge on any atom is -0.383 e. The topological polar surface area (TPSA) is 21.3 Å². The van der Waals surface area contributed by atoms with E-state index in [0.717, 1.165) is 24.9 Å². The molecule has 1 aromatic rings. The average molecular weight is 358 g/mol. The SMILES string of the molecule is COCCNCc1ccc(SC2CCCCC2)c(Br)c1. The van der Waals surface area contributed by atoms with Gasteiger partial charge in [-0.3, -0.25) is 0 Å². The lowest BCUT2D eigenvalue weighted by Gasteiger charge is -2.21.